The van der Waals surface area contributed by atoms with E-state index in [1.54, 1.807) is 24.7 Å². The highest BCUT2D eigenvalue weighted by atomic mass is 19.1. The fourth-order valence-corrected chi connectivity index (χ4v) is 2.22. The molecule has 2 aromatic heterocycles. The summed E-state index contributed by atoms with van der Waals surface area (Å²) in [7, 11) is 0. The summed E-state index contributed by atoms with van der Waals surface area (Å²) in [6.07, 6.45) is 5.21. The fourth-order valence-electron chi connectivity index (χ4n) is 2.22. The number of hydrogen-bond acceptors (Lipinski definition) is 3. The zero-order chi connectivity index (χ0) is 14.5. The van der Waals surface area contributed by atoms with Crippen molar-refractivity contribution in [3.8, 4) is 0 Å². The first-order chi connectivity index (χ1) is 10.3. The molecule has 0 saturated heterocycles. The first kappa shape index (κ1) is 13.5. The van der Waals surface area contributed by atoms with Gasteiger partial charge >= 0.3 is 0 Å². The molecule has 0 fully saturated rings. The van der Waals surface area contributed by atoms with Gasteiger partial charge in [-0.05, 0) is 29.8 Å². The largest absolute Gasteiger partial charge is 0.348 e. The van der Waals surface area contributed by atoms with Crippen LogP contribution in [-0.4, -0.2) is 15.0 Å². The quantitative estimate of drug-likeness (QED) is 0.756. The van der Waals surface area contributed by atoms with Crippen molar-refractivity contribution < 1.29 is 4.39 Å². The normalized spacial score (nSPS) is 12.2. The van der Waals surface area contributed by atoms with E-state index < -0.39 is 0 Å². The molecule has 0 aliphatic rings. The highest BCUT2D eigenvalue weighted by Gasteiger charge is 2.15. The zero-order valence-corrected chi connectivity index (χ0v) is 11.3. The lowest BCUT2D eigenvalue weighted by atomic mass is 10.0. The average molecular weight is 282 g/mol. The van der Waals surface area contributed by atoms with E-state index in [-0.39, 0.29) is 11.9 Å². The Kier molecular flexibility index (Phi) is 4.02. The number of hydrogen-bond donors (Lipinski definition) is 2. The minimum atomic E-state index is -0.256. The molecule has 0 bridgehead atoms. The van der Waals surface area contributed by atoms with Crippen LogP contribution >= 0.6 is 0 Å². The topological polar surface area (TPSA) is 53.6 Å². The predicted octanol–water partition coefficient (Wildman–Crippen LogP) is 2.82. The maximum absolute atomic E-state index is 13.5. The van der Waals surface area contributed by atoms with E-state index in [1.807, 2.05) is 24.3 Å². The van der Waals surface area contributed by atoms with Crippen LogP contribution in [-0.2, 0) is 6.54 Å². The minimum Gasteiger partial charge on any atom is -0.348 e. The number of imidazole rings is 1. The van der Waals surface area contributed by atoms with Gasteiger partial charge in [0.05, 0.1) is 18.3 Å². The van der Waals surface area contributed by atoms with Gasteiger partial charge in [0, 0.05) is 18.6 Å². The molecule has 106 valence electrons. The van der Waals surface area contributed by atoms with Crippen LogP contribution in [0.1, 0.15) is 23.1 Å². The molecule has 3 aromatic rings. The number of nitrogens with zero attached hydrogens (tertiary/aromatic N) is 2. The Labute approximate surface area is 122 Å². The standard InChI is InChI=1S/C16H15FN4/c17-13-5-3-4-12(10-13)16(14-6-1-2-7-18-14)21-11-15-19-8-9-20-15/h1-10,16,21H,11H2,(H,19,20)/t16-/m1/s1. The Bertz CT molecular complexity index is 683. The second-order valence-electron chi connectivity index (χ2n) is 4.66. The van der Waals surface area contributed by atoms with Gasteiger partial charge in [-0.1, -0.05) is 18.2 Å². The summed E-state index contributed by atoms with van der Waals surface area (Å²) < 4.78 is 13.5. The first-order valence-corrected chi connectivity index (χ1v) is 6.71. The van der Waals surface area contributed by atoms with Gasteiger partial charge < -0.3 is 4.98 Å². The lowest BCUT2D eigenvalue weighted by Crippen LogP contribution is -2.23. The molecule has 0 saturated carbocycles. The molecule has 4 nitrogen and oxygen atoms in total. The van der Waals surface area contributed by atoms with Crippen LogP contribution in [0.25, 0.3) is 0 Å². The third-order valence-corrected chi connectivity index (χ3v) is 3.19. The number of halogens is 1. The number of aromatic amines is 1. The second kappa shape index (κ2) is 6.28. The molecule has 0 amide bonds. The zero-order valence-electron chi connectivity index (χ0n) is 11.3. The molecule has 5 heteroatoms. The Morgan fingerprint density at radius 3 is 2.76 bits per heavy atom. The monoisotopic (exact) mass is 282 g/mol. The van der Waals surface area contributed by atoms with Gasteiger partial charge in [-0.15, -0.1) is 0 Å². The SMILES string of the molecule is Fc1cccc([C@@H](NCc2ncc[nH]2)c2ccccn2)c1. The summed E-state index contributed by atoms with van der Waals surface area (Å²) in [6, 6.07) is 12.1. The fraction of sp³-hybridized carbons (Fsp3) is 0.125. The number of benzene rings is 1. The molecular formula is C16H15FN4. The molecular weight excluding hydrogens is 267 g/mol. The van der Waals surface area contributed by atoms with Crippen molar-refractivity contribution in [2.75, 3.05) is 0 Å². The summed E-state index contributed by atoms with van der Waals surface area (Å²) in [4.78, 5) is 11.6. The number of H-pyrrole nitrogens is 1. The van der Waals surface area contributed by atoms with Crippen molar-refractivity contribution in [1.29, 1.82) is 0 Å². The van der Waals surface area contributed by atoms with Crippen molar-refractivity contribution in [3.63, 3.8) is 0 Å². The summed E-state index contributed by atoms with van der Waals surface area (Å²) in [5.74, 6) is 0.570. The molecule has 2 N–H and O–H groups in total. The summed E-state index contributed by atoms with van der Waals surface area (Å²) in [5.41, 5.74) is 1.68. The maximum Gasteiger partial charge on any atom is 0.123 e. The second-order valence-corrected chi connectivity index (χ2v) is 4.66. The molecule has 2 heterocycles. The Morgan fingerprint density at radius 1 is 1.10 bits per heavy atom. The van der Waals surface area contributed by atoms with Gasteiger partial charge in [-0.3, -0.25) is 10.3 Å². The smallest absolute Gasteiger partial charge is 0.123 e. The van der Waals surface area contributed by atoms with E-state index in [0.29, 0.717) is 6.54 Å². The van der Waals surface area contributed by atoms with E-state index in [9.17, 15) is 4.39 Å². The lowest BCUT2D eigenvalue weighted by Gasteiger charge is -2.18. The van der Waals surface area contributed by atoms with Crippen LogP contribution in [0.2, 0.25) is 0 Å². The van der Waals surface area contributed by atoms with Gasteiger partial charge in [0.2, 0.25) is 0 Å². The number of nitrogens with one attached hydrogen (secondary N) is 2. The molecule has 0 spiro atoms. The van der Waals surface area contributed by atoms with Crippen LogP contribution in [0.3, 0.4) is 0 Å². The van der Waals surface area contributed by atoms with E-state index >= 15 is 0 Å². The molecule has 0 aliphatic carbocycles. The van der Waals surface area contributed by atoms with Crippen molar-refractivity contribution in [2.24, 2.45) is 0 Å². The van der Waals surface area contributed by atoms with E-state index in [2.05, 4.69) is 20.3 Å². The highest BCUT2D eigenvalue weighted by Crippen LogP contribution is 2.21. The summed E-state index contributed by atoms with van der Waals surface area (Å²) >= 11 is 0. The van der Waals surface area contributed by atoms with E-state index in [4.69, 9.17) is 0 Å². The van der Waals surface area contributed by atoms with Crippen LogP contribution in [0.5, 0.6) is 0 Å². The Hall–Kier alpha value is -2.53. The third kappa shape index (κ3) is 3.32. The molecule has 1 aromatic carbocycles. The van der Waals surface area contributed by atoms with Gasteiger partial charge in [0.15, 0.2) is 0 Å². The van der Waals surface area contributed by atoms with Gasteiger partial charge in [-0.2, -0.15) is 0 Å². The van der Waals surface area contributed by atoms with Gasteiger partial charge in [0.1, 0.15) is 11.6 Å². The van der Waals surface area contributed by atoms with Crippen LogP contribution in [0, 0.1) is 5.82 Å². The molecule has 1 atom stereocenters. The molecule has 21 heavy (non-hydrogen) atoms. The van der Waals surface area contributed by atoms with Gasteiger partial charge in [-0.25, -0.2) is 9.37 Å². The number of aromatic nitrogens is 3. The predicted molar refractivity (Wildman–Crippen MR) is 77.9 cm³/mol. The summed E-state index contributed by atoms with van der Waals surface area (Å²) in [5, 5.41) is 3.36. The molecule has 3 rings (SSSR count). The van der Waals surface area contributed by atoms with Crippen LogP contribution in [0.4, 0.5) is 4.39 Å². The third-order valence-electron chi connectivity index (χ3n) is 3.19. The average Bonchev–Trinajstić information content (AvgIpc) is 3.02. The molecule has 0 unspecified atom stereocenters. The van der Waals surface area contributed by atoms with E-state index in [1.165, 1.54) is 12.1 Å². The lowest BCUT2D eigenvalue weighted by molar-refractivity contribution is 0.569. The van der Waals surface area contributed by atoms with E-state index in [0.717, 1.165) is 17.1 Å². The molecule has 0 radical (unpaired) electrons. The van der Waals surface area contributed by atoms with Crippen molar-refractivity contribution >= 4 is 0 Å². The number of rotatable bonds is 5. The van der Waals surface area contributed by atoms with Crippen LogP contribution < -0.4 is 5.32 Å². The van der Waals surface area contributed by atoms with Crippen molar-refractivity contribution in [1.82, 2.24) is 20.3 Å². The first-order valence-electron chi connectivity index (χ1n) is 6.71. The highest BCUT2D eigenvalue weighted by molar-refractivity contribution is 5.28. The Balaban J connectivity index is 1.87. The van der Waals surface area contributed by atoms with Crippen molar-refractivity contribution in [3.05, 3.63) is 84.0 Å². The number of pyridine rings is 1. The molecule has 0 aliphatic heterocycles. The Morgan fingerprint density at radius 2 is 2.05 bits per heavy atom. The van der Waals surface area contributed by atoms with Crippen molar-refractivity contribution in [2.45, 2.75) is 12.6 Å². The van der Waals surface area contributed by atoms with Crippen LogP contribution in [0.15, 0.2) is 61.1 Å². The van der Waals surface area contributed by atoms with Gasteiger partial charge in [0.25, 0.3) is 0 Å². The minimum absolute atomic E-state index is 0.188. The maximum atomic E-state index is 13.5. The summed E-state index contributed by atoms with van der Waals surface area (Å²) in [6.45, 7) is 0.546.